The summed E-state index contributed by atoms with van der Waals surface area (Å²) in [5, 5.41) is 16.9. The maximum atomic E-state index is 11.9. The van der Waals surface area contributed by atoms with Crippen LogP contribution in [0.1, 0.15) is 28.9 Å². The summed E-state index contributed by atoms with van der Waals surface area (Å²) in [6.45, 7) is 0. The van der Waals surface area contributed by atoms with Crippen LogP contribution in [0.3, 0.4) is 0 Å². The second kappa shape index (κ2) is 8.93. The van der Waals surface area contributed by atoms with Crippen LogP contribution in [0.2, 0.25) is 0 Å². The van der Waals surface area contributed by atoms with E-state index in [-0.39, 0.29) is 17.6 Å². The van der Waals surface area contributed by atoms with Crippen LogP contribution in [0.25, 0.3) is 22.5 Å². The average molecular weight is 461 g/mol. The van der Waals surface area contributed by atoms with E-state index in [2.05, 4.69) is 41.4 Å². The number of aromatic nitrogens is 4. The van der Waals surface area contributed by atoms with Gasteiger partial charge in [0.05, 0.1) is 22.9 Å². The molecule has 1 amide bonds. The van der Waals surface area contributed by atoms with Gasteiger partial charge in [0.1, 0.15) is 16.9 Å². The van der Waals surface area contributed by atoms with Gasteiger partial charge in [-0.1, -0.05) is 0 Å². The van der Waals surface area contributed by atoms with Gasteiger partial charge in [-0.2, -0.15) is 5.26 Å². The summed E-state index contributed by atoms with van der Waals surface area (Å²) in [6.07, 6.45) is 8.33. The van der Waals surface area contributed by atoms with Crippen molar-refractivity contribution in [1.82, 2.24) is 30.0 Å². The summed E-state index contributed by atoms with van der Waals surface area (Å²) in [5.74, 6) is 0.0232. The van der Waals surface area contributed by atoms with E-state index in [1.54, 1.807) is 31.6 Å². The van der Waals surface area contributed by atoms with Crippen molar-refractivity contribution in [2.45, 2.75) is 30.0 Å². The summed E-state index contributed by atoms with van der Waals surface area (Å²) < 4.78 is 9.01. The number of pyridine rings is 2. The highest BCUT2D eigenvalue weighted by molar-refractivity contribution is 7.97. The zero-order valence-electron chi connectivity index (χ0n) is 17.6. The molecule has 0 bridgehead atoms. The van der Waals surface area contributed by atoms with E-state index in [1.165, 1.54) is 18.2 Å². The number of hydrogen-bond acceptors (Lipinski definition) is 9. The number of amides is 1. The number of aromatic amines is 1. The third-order valence-corrected chi connectivity index (χ3v) is 6.35. The summed E-state index contributed by atoms with van der Waals surface area (Å²) in [7, 11) is 1.55. The van der Waals surface area contributed by atoms with Crippen LogP contribution >= 0.6 is 11.9 Å². The second-order valence-corrected chi connectivity index (χ2v) is 8.49. The predicted octanol–water partition coefficient (Wildman–Crippen LogP) is 3.08. The molecule has 0 aromatic carbocycles. The molecule has 11 heteroatoms. The largest absolute Gasteiger partial charge is 0.443 e. The molecule has 4 heterocycles. The maximum absolute atomic E-state index is 11.9. The molecule has 0 saturated heterocycles. The number of oxazole rings is 1. The summed E-state index contributed by atoms with van der Waals surface area (Å²) in [6, 6.07) is 8.09. The van der Waals surface area contributed by atoms with Crippen LogP contribution in [0.15, 0.2) is 52.5 Å². The number of nitriles is 1. The number of nitrogens with zero attached hydrogens (tertiary/aromatic N) is 4. The van der Waals surface area contributed by atoms with Gasteiger partial charge in [0, 0.05) is 43.1 Å². The predicted molar refractivity (Wildman–Crippen MR) is 123 cm³/mol. The van der Waals surface area contributed by atoms with Crippen molar-refractivity contribution in [3.05, 3.63) is 54.3 Å². The molecule has 4 aromatic rings. The van der Waals surface area contributed by atoms with Crippen molar-refractivity contribution in [1.29, 1.82) is 5.26 Å². The van der Waals surface area contributed by atoms with Crippen LogP contribution < -0.4 is 15.4 Å². The van der Waals surface area contributed by atoms with Crippen molar-refractivity contribution in [2.24, 2.45) is 0 Å². The first-order valence-corrected chi connectivity index (χ1v) is 11.2. The molecule has 0 aliphatic heterocycles. The highest BCUT2D eigenvalue weighted by Crippen LogP contribution is 2.36. The van der Waals surface area contributed by atoms with Gasteiger partial charge in [0.2, 0.25) is 5.89 Å². The minimum absolute atomic E-state index is 0.214. The molecule has 1 aliphatic rings. The number of hydrogen-bond donors (Lipinski definition) is 4. The SMILES string of the molecule is CNC(=O)c1coc(-c2cnc3[nH]ccc3c2N[C@H]2C[C@H](NSc3cc(C#N)ccn3)C2)n1. The van der Waals surface area contributed by atoms with E-state index in [4.69, 9.17) is 9.68 Å². The van der Waals surface area contributed by atoms with E-state index in [1.807, 2.05) is 12.3 Å². The number of rotatable bonds is 7. The Labute approximate surface area is 193 Å². The van der Waals surface area contributed by atoms with Crippen LogP contribution in [0.5, 0.6) is 0 Å². The van der Waals surface area contributed by atoms with Gasteiger partial charge in [-0.05, 0) is 43.0 Å². The Bertz CT molecular complexity index is 1350. The lowest BCUT2D eigenvalue weighted by atomic mass is 9.87. The standard InChI is InChI=1S/C22H20N8O2S/c1-24-21(31)17-11-32-22(29-17)16-10-27-20-15(3-5-26-20)19(16)28-13-7-14(8-13)30-33-18-6-12(9-23)2-4-25-18/h2-6,10-11,13-14,30H,7-8H2,1H3,(H,24,31)(H2,26,27,28)/t13-,14-. The first-order valence-electron chi connectivity index (χ1n) is 10.3. The first-order chi connectivity index (χ1) is 16.1. The third-order valence-electron chi connectivity index (χ3n) is 5.46. The van der Waals surface area contributed by atoms with Crippen molar-refractivity contribution in [3.63, 3.8) is 0 Å². The Kier molecular flexibility index (Phi) is 5.68. The van der Waals surface area contributed by atoms with E-state index in [0.717, 1.165) is 34.6 Å². The van der Waals surface area contributed by atoms with Crippen molar-refractivity contribution >= 4 is 34.6 Å². The Hall–Kier alpha value is -3.88. The minimum Gasteiger partial charge on any atom is -0.443 e. The van der Waals surface area contributed by atoms with Crippen LogP contribution in [0, 0.1) is 11.3 Å². The fourth-order valence-electron chi connectivity index (χ4n) is 3.67. The van der Waals surface area contributed by atoms with E-state index in [9.17, 15) is 4.79 Å². The summed E-state index contributed by atoms with van der Waals surface area (Å²) >= 11 is 1.44. The van der Waals surface area contributed by atoms with E-state index < -0.39 is 0 Å². The lowest BCUT2D eigenvalue weighted by molar-refractivity contribution is 0.0958. The Morgan fingerprint density at radius 3 is 3.00 bits per heavy atom. The Balaban J connectivity index is 1.29. The molecule has 1 fully saturated rings. The van der Waals surface area contributed by atoms with Crippen LogP contribution in [-0.4, -0.2) is 45.0 Å². The van der Waals surface area contributed by atoms with Gasteiger partial charge in [0.15, 0.2) is 5.69 Å². The average Bonchev–Trinajstić information content (AvgIpc) is 3.50. The fraction of sp³-hybridized carbons (Fsp3) is 0.227. The van der Waals surface area contributed by atoms with Gasteiger partial charge >= 0.3 is 0 Å². The molecule has 0 atom stereocenters. The molecular weight excluding hydrogens is 440 g/mol. The number of carbonyl (C=O) groups is 1. The summed E-state index contributed by atoms with van der Waals surface area (Å²) in [5.41, 5.74) is 3.12. The van der Waals surface area contributed by atoms with Gasteiger partial charge in [-0.3, -0.25) is 9.52 Å². The molecular formula is C22H20N8O2S. The number of fused-ring (bicyclic) bond motifs is 1. The quantitative estimate of drug-likeness (QED) is 0.306. The molecule has 1 aliphatic carbocycles. The molecule has 4 aromatic heterocycles. The zero-order chi connectivity index (χ0) is 22.8. The molecule has 166 valence electrons. The monoisotopic (exact) mass is 460 g/mol. The lowest BCUT2D eigenvalue weighted by Crippen LogP contribution is -2.45. The van der Waals surface area contributed by atoms with Gasteiger partial charge in [-0.25, -0.2) is 15.0 Å². The normalized spacial score (nSPS) is 17.3. The third kappa shape index (κ3) is 4.26. The van der Waals surface area contributed by atoms with Crippen molar-refractivity contribution in [2.75, 3.05) is 12.4 Å². The number of carbonyl (C=O) groups excluding carboxylic acids is 1. The molecule has 0 spiro atoms. The van der Waals surface area contributed by atoms with E-state index in [0.29, 0.717) is 23.1 Å². The van der Waals surface area contributed by atoms with Crippen LogP contribution in [-0.2, 0) is 0 Å². The maximum Gasteiger partial charge on any atom is 0.272 e. The van der Waals surface area contributed by atoms with Crippen LogP contribution in [0.4, 0.5) is 5.69 Å². The lowest BCUT2D eigenvalue weighted by Gasteiger charge is -2.37. The molecule has 1 saturated carbocycles. The number of nitrogens with one attached hydrogen (secondary N) is 4. The van der Waals surface area contributed by atoms with Crippen molar-refractivity contribution < 1.29 is 9.21 Å². The number of H-pyrrole nitrogens is 1. The van der Waals surface area contributed by atoms with Gasteiger partial charge < -0.3 is 20.0 Å². The smallest absolute Gasteiger partial charge is 0.272 e. The Morgan fingerprint density at radius 2 is 2.18 bits per heavy atom. The fourth-order valence-corrected chi connectivity index (χ4v) is 4.45. The second-order valence-electron chi connectivity index (χ2n) is 7.63. The molecule has 10 nitrogen and oxygen atoms in total. The molecule has 4 N–H and O–H groups in total. The minimum atomic E-state index is -0.310. The highest BCUT2D eigenvalue weighted by atomic mass is 32.2. The molecule has 0 radical (unpaired) electrons. The topological polar surface area (TPSA) is 145 Å². The molecule has 5 rings (SSSR count). The number of anilines is 1. The van der Waals surface area contributed by atoms with Gasteiger partial charge in [0.25, 0.3) is 5.91 Å². The zero-order valence-corrected chi connectivity index (χ0v) is 18.4. The van der Waals surface area contributed by atoms with E-state index >= 15 is 0 Å². The summed E-state index contributed by atoms with van der Waals surface area (Å²) in [4.78, 5) is 28.1. The molecule has 0 unspecified atom stereocenters. The van der Waals surface area contributed by atoms with Crippen molar-refractivity contribution in [3.8, 4) is 17.5 Å². The first kappa shape index (κ1) is 21.0. The molecule has 33 heavy (non-hydrogen) atoms. The highest BCUT2D eigenvalue weighted by Gasteiger charge is 2.31. The van der Waals surface area contributed by atoms with Gasteiger partial charge in [-0.15, -0.1) is 0 Å². The Morgan fingerprint density at radius 1 is 1.30 bits per heavy atom.